The number of hydrogen-bond acceptors (Lipinski definition) is 3. The van der Waals surface area contributed by atoms with Crippen molar-refractivity contribution in [3.63, 3.8) is 0 Å². The van der Waals surface area contributed by atoms with Crippen LogP contribution in [0.15, 0.2) is 0 Å². The third kappa shape index (κ3) is 9.88. The van der Waals surface area contributed by atoms with Crippen LogP contribution in [0.25, 0.3) is 0 Å². The summed E-state index contributed by atoms with van der Waals surface area (Å²) in [6, 6.07) is 0. The molecule has 0 spiro atoms. The zero-order chi connectivity index (χ0) is 8.36. The highest BCUT2D eigenvalue weighted by molar-refractivity contribution is 4.44. The summed E-state index contributed by atoms with van der Waals surface area (Å²) in [4.78, 5) is 0. The van der Waals surface area contributed by atoms with Crippen molar-refractivity contribution in [3.05, 3.63) is 0 Å². The zero-order valence-electron chi connectivity index (χ0n) is 7.65. The standard InChI is InChI=1S/C8H20N2O/c1-3-7-11-8-10-6-4-5-9-2/h9-10H,3-8H2,1-2H3. The third-order valence-corrected chi connectivity index (χ3v) is 1.33. The van der Waals surface area contributed by atoms with Crippen molar-refractivity contribution in [2.75, 3.05) is 33.5 Å². The maximum atomic E-state index is 5.23. The van der Waals surface area contributed by atoms with Gasteiger partial charge in [-0.05, 0) is 33.0 Å². The molecule has 0 aliphatic heterocycles. The van der Waals surface area contributed by atoms with Gasteiger partial charge in [0.15, 0.2) is 0 Å². The molecule has 0 amide bonds. The monoisotopic (exact) mass is 160 g/mol. The van der Waals surface area contributed by atoms with Crippen LogP contribution in [0.4, 0.5) is 0 Å². The van der Waals surface area contributed by atoms with E-state index in [0.717, 1.165) is 32.5 Å². The molecular weight excluding hydrogens is 140 g/mol. The Morgan fingerprint density at radius 3 is 2.73 bits per heavy atom. The van der Waals surface area contributed by atoms with Crippen molar-refractivity contribution in [1.29, 1.82) is 0 Å². The van der Waals surface area contributed by atoms with E-state index in [0.29, 0.717) is 6.73 Å². The Hall–Kier alpha value is -0.120. The van der Waals surface area contributed by atoms with Gasteiger partial charge in [0.1, 0.15) is 0 Å². The molecule has 0 fully saturated rings. The van der Waals surface area contributed by atoms with E-state index in [1.54, 1.807) is 0 Å². The summed E-state index contributed by atoms with van der Waals surface area (Å²) in [6.07, 6.45) is 2.25. The van der Waals surface area contributed by atoms with Crippen molar-refractivity contribution < 1.29 is 4.74 Å². The first-order valence-corrected chi connectivity index (χ1v) is 4.35. The molecule has 0 aliphatic carbocycles. The molecule has 0 heterocycles. The minimum Gasteiger partial charge on any atom is -0.366 e. The zero-order valence-corrected chi connectivity index (χ0v) is 7.65. The number of nitrogens with one attached hydrogen (secondary N) is 2. The maximum Gasteiger partial charge on any atom is 0.0965 e. The molecule has 0 unspecified atom stereocenters. The fraction of sp³-hybridized carbons (Fsp3) is 1.00. The van der Waals surface area contributed by atoms with Crippen LogP contribution in [0.2, 0.25) is 0 Å². The summed E-state index contributed by atoms with van der Waals surface area (Å²) in [5.41, 5.74) is 0. The van der Waals surface area contributed by atoms with Crippen molar-refractivity contribution >= 4 is 0 Å². The Morgan fingerprint density at radius 2 is 2.09 bits per heavy atom. The van der Waals surface area contributed by atoms with E-state index in [4.69, 9.17) is 4.74 Å². The molecule has 0 saturated carbocycles. The summed E-state index contributed by atoms with van der Waals surface area (Å²) >= 11 is 0. The maximum absolute atomic E-state index is 5.23. The second-order valence-corrected chi connectivity index (χ2v) is 2.51. The van der Waals surface area contributed by atoms with E-state index in [1.807, 2.05) is 7.05 Å². The van der Waals surface area contributed by atoms with Gasteiger partial charge in [-0.1, -0.05) is 6.92 Å². The number of hydrogen-bond donors (Lipinski definition) is 2. The van der Waals surface area contributed by atoms with Crippen LogP contribution in [0.5, 0.6) is 0 Å². The van der Waals surface area contributed by atoms with Gasteiger partial charge in [-0.3, -0.25) is 5.32 Å². The molecule has 0 aromatic carbocycles. The molecule has 11 heavy (non-hydrogen) atoms. The van der Waals surface area contributed by atoms with Crippen molar-refractivity contribution in [2.45, 2.75) is 19.8 Å². The highest BCUT2D eigenvalue weighted by atomic mass is 16.5. The van der Waals surface area contributed by atoms with Crippen molar-refractivity contribution in [3.8, 4) is 0 Å². The summed E-state index contributed by atoms with van der Waals surface area (Å²) in [7, 11) is 1.97. The van der Waals surface area contributed by atoms with E-state index in [1.165, 1.54) is 0 Å². The normalized spacial score (nSPS) is 10.4. The minimum absolute atomic E-state index is 0.692. The molecule has 68 valence electrons. The molecule has 0 bridgehead atoms. The van der Waals surface area contributed by atoms with E-state index >= 15 is 0 Å². The summed E-state index contributed by atoms with van der Waals surface area (Å²) in [5, 5.41) is 6.28. The van der Waals surface area contributed by atoms with E-state index < -0.39 is 0 Å². The Labute approximate surface area is 69.5 Å². The number of ether oxygens (including phenoxy) is 1. The van der Waals surface area contributed by atoms with E-state index in [-0.39, 0.29) is 0 Å². The average molecular weight is 160 g/mol. The fourth-order valence-corrected chi connectivity index (χ4v) is 0.751. The van der Waals surface area contributed by atoms with Gasteiger partial charge >= 0.3 is 0 Å². The highest BCUT2D eigenvalue weighted by Crippen LogP contribution is 1.77. The lowest BCUT2D eigenvalue weighted by atomic mass is 10.4. The van der Waals surface area contributed by atoms with E-state index in [2.05, 4.69) is 17.6 Å². The van der Waals surface area contributed by atoms with Crippen molar-refractivity contribution in [1.82, 2.24) is 10.6 Å². The molecule has 0 aliphatic rings. The van der Waals surface area contributed by atoms with Crippen LogP contribution in [0, 0.1) is 0 Å². The molecule has 0 atom stereocenters. The lowest BCUT2D eigenvalue weighted by Gasteiger charge is -2.04. The Kier molecular flexibility index (Phi) is 9.77. The summed E-state index contributed by atoms with van der Waals surface area (Å²) in [6.45, 7) is 5.77. The second kappa shape index (κ2) is 9.88. The Morgan fingerprint density at radius 1 is 1.27 bits per heavy atom. The predicted molar refractivity (Wildman–Crippen MR) is 47.7 cm³/mol. The van der Waals surface area contributed by atoms with Crippen LogP contribution in [-0.2, 0) is 4.74 Å². The van der Waals surface area contributed by atoms with Crippen LogP contribution in [0.3, 0.4) is 0 Å². The Balaban J connectivity index is 2.69. The van der Waals surface area contributed by atoms with Gasteiger partial charge in [0.05, 0.1) is 6.73 Å². The first-order valence-electron chi connectivity index (χ1n) is 4.35. The highest BCUT2D eigenvalue weighted by Gasteiger charge is 1.85. The van der Waals surface area contributed by atoms with Gasteiger partial charge < -0.3 is 10.1 Å². The fourth-order valence-electron chi connectivity index (χ4n) is 0.751. The lowest BCUT2D eigenvalue weighted by Crippen LogP contribution is -2.22. The number of rotatable bonds is 8. The molecule has 2 N–H and O–H groups in total. The van der Waals surface area contributed by atoms with Gasteiger partial charge in [-0.2, -0.15) is 0 Å². The third-order valence-electron chi connectivity index (χ3n) is 1.33. The van der Waals surface area contributed by atoms with Gasteiger partial charge in [-0.15, -0.1) is 0 Å². The minimum atomic E-state index is 0.692. The smallest absolute Gasteiger partial charge is 0.0965 e. The quantitative estimate of drug-likeness (QED) is 0.402. The van der Waals surface area contributed by atoms with E-state index in [9.17, 15) is 0 Å². The molecule has 0 saturated heterocycles. The van der Waals surface area contributed by atoms with Gasteiger partial charge in [-0.25, -0.2) is 0 Å². The SMILES string of the molecule is CCCOCNCCCNC. The van der Waals surface area contributed by atoms with Crippen LogP contribution >= 0.6 is 0 Å². The molecule has 0 radical (unpaired) electrons. The van der Waals surface area contributed by atoms with Gasteiger partial charge in [0.2, 0.25) is 0 Å². The molecule has 0 rings (SSSR count). The Bertz CT molecular complexity index is 61.1. The summed E-state index contributed by atoms with van der Waals surface area (Å²) < 4.78 is 5.23. The first kappa shape index (κ1) is 10.9. The van der Waals surface area contributed by atoms with Gasteiger partial charge in [0.25, 0.3) is 0 Å². The predicted octanol–water partition coefficient (Wildman–Crippen LogP) is 0.570. The van der Waals surface area contributed by atoms with Crippen LogP contribution in [-0.4, -0.2) is 33.5 Å². The first-order chi connectivity index (χ1) is 5.41. The summed E-state index contributed by atoms with van der Waals surface area (Å²) in [5.74, 6) is 0. The largest absolute Gasteiger partial charge is 0.366 e. The molecule has 3 nitrogen and oxygen atoms in total. The molecular formula is C8H20N2O. The van der Waals surface area contributed by atoms with Crippen LogP contribution < -0.4 is 10.6 Å². The van der Waals surface area contributed by atoms with Gasteiger partial charge in [0, 0.05) is 6.61 Å². The average Bonchev–Trinajstić information content (AvgIpc) is 2.03. The van der Waals surface area contributed by atoms with Crippen molar-refractivity contribution in [2.24, 2.45) is 0 Å². The lowest BCUT2D eigenvalue weighted by molar-refractivity contribution is 0.117. The molecule has 0 aromatic rings. The second-order valence-electron chi connectivity index (χ2n) is 2.51. The molecule has 3 heteroatoms. The molecule has 0 aromatic heterocycles. The topological polar surface area (TPSA) is 33.3 Å². The van der Waals surface area contributed by atoms with Crippen LogP contribution in [0.1, 0.15) is 19.8 Å².